The number of carboxylic acid groups (broad SMARTS) is 2. The zero-order valence-corrected chi connectivity index (χ0v) is 19.4. The van der Waals surface area contributed by atoms with Gasteiger partial charge < -0.3 is 20.4 Å². The van der Waals surface area contributed by atoms with E-state index in [1.165, 1.54) is 0 Å². The third-order valence-electron chi connectivity index (χ3n) is 5.29. The quantitative estimate of drug-likeness (QED) is 0.553. The van der Waals surface area contributed by atoms with Crippen LogP contribution in [0, 0.1) is 6.92 Å². The minimum absolute atomic E-state index is 0.214. The third-order valence-corrected chi connectivity index (χ3v) is 5.29. The van der Waals surface area contributed by atoms with Crippen LogP contribution in [0.1, 0.15) is 39.6 Å². The molecule has 11 heteroatoms. The summed E-state index contributed by atoms with van der Waals surface area (Å²) >= 11 is 0. The Balaban J connectivity index is 0.000000540. The summed E-state index contributed by atoms with van der Waals surface area (Å²) in [5, 5.41) is 19.6. The molecule has 1 amide bonds. The van der Waals surface area contributed by atoms with Crippen molar-refractivity contribution in [1.29, 1.82) is 0 Å². The lowest BCUT2D eigenvalue weighted by Crippen LogP contribution is -2.47. The van der Waals surface area contributed by atoms with Crippen molar-refractivity contribution in [1.82, 2.24) is 4.90 Å². The average molecular weight is 495 g/mol. The number of alkyl halides is 3. The maximum atomic E-state index is 12.4. The van der Waals surface area contributed by atoms with Gasteiger partial charge in [0.2, 0.25) is 0 Å². The molecule has 0 saturated carbocycles. The van der Waals surface area contributed by atoms with Crippen molar-refractivity contribution in [2.45, 2.75) is 26.4 Å². The maximum Gasteiger partial charge on any atom is 0.490 e. The van der Waals surface area contributed by atoms with Gasteiger partial charge >= 0.3 is 18.1 Å². The molecule has 2 aromatic rings. The number of carbonyl (C=O) groups is 3. The number of nitrogens with one attached hydrogen (secondary N) is 1. The number of aliphatic carboxylic acids is 1. The van der Waals surface area contributed by atoms with Crippen LogP contribution < -0.4 is 10.2 Å². The molecule has 0 unspecified atom stereocenters. The predicted octanol–water partition coefficient (Wildman–Crippen LogP) is 4.11. The highest BCUT2D eigenvalue weighted by Crippen LogP contribution is 2.26. The van der Waals surface area contributed by atoms with Crippen molar-refractivity contribution in [3.8, 4) is 0 Å². The number of carbonyl (C=O) groups excluding carboxylic acids is 1. The van der Waals surface area contributed by atoms with Gasteiger partial charge in [0.15, 0.2) is 0 Å². The number of anilines is 2. The van der Waals surface area contributed by atoms with E-state index in [0.717, 1.165) is 44.7 Å². The summed E-state index contributed by atoms with van der Waals surface area (Å²) in [5.41, 5.74) is 3.02. The molecule has 3 rings (SSSR count). The molecule has 0 aromatic heterocycles. The van der Waals surface area contributed by atoms with E-state index in [1.54, 1.807) is 30.3 Å². The zero-order valence-electron chi connectivity index (χ0n) is 19.4. The highest BCUT2D eigenvalue weighted by molar-refractivity contribution is 6.05. The molecule has 0 spiro atoms. The SMILES string of the molecule is CCCN1CCN(c2ccc(NC(=O)c3ccc(C)cc3)cc2C(=O)O)CC1.O=C(O)C(F)(F)F. The molecule has 190 valence electrons. The van der Waals surface area contributed by atoms with E-state index in [9.17, 15) is 27.9 Å². The minimum Gasteiger partial charge on any atom is -0.478 e. The molecule has 3 N–H and O–H groups in total. The standard InChI is InChI=1S/C22H27N3O3.C2HF3O2/c1-3-10-24-11-13-25(14-12-24)20-9-8-18(15-19(20)22(27)28)23-21(26)17-6-4-16(2)5-7-17;3-2(4,5)1(6)7/h4-9,15H,3,10-14H2,1-2H3,(H,23,26)(H,27,28);(H,6,7). The summed E-state index contributed by atoms with van der Waals surface area (Å²) in [4.78, 5) is 37.6. The molecule has 1 aliphatic heterocycles. The van der Waals surface area contributed by atoms with E-state index < -0.39 is 18.1 Å². The lowest BCUT2D eigenvalue weighted by molar-refractivity contribution is -0.192. The van der Waals surface area contributed by atoms with Gasteiger partial charge in [-0.3, -0.25) is 9.69 Å². The van der Waals surface area contributed by atoms with Gasteiger partial charge in [0, 0.05) is 37.4 Å². The van der Waals surface area contributed by atoms with Gasteiger partial charge in [-0.25, -0.2) is 9.59 Å². The van der Waals surface area contributed by atoms with E-state index in [4.69, 9.17) is 9.90 Å². The number of halogens is 3. The number of aryl methyl sites for hydroxylation is 1. The summed E-state index contributed by atoms with van der Waals surface area (Å²) in [7, 11) is 0. The monoisotopic (exact) mass is 495 g/mol. The van der Waals surface area contributed by atoms with Gasteiger partial charge in [-0.15, -0.1) is 0 Å². The second kappa shape index (κ2) is 12.2. The van der Waals surface area contributed by atoms with E-state index in [2.05, 4.69) is 22.0 Å². The van der Waals surface area contributed by atoms with Crippen LogP contribution in [0.15, 0.2) is 42.5 Å². The van der Waals surface area contributed by atoms with Crippen molar-refractivity contribution < 1.29 is 37.8 Å². The number of hydrogen-bond donors (Lipinski definition) is 3. The van der Waals surface area contributed by atoms with Crippen LogP contribution in [0.25, 0.3) is 0 Å². The van der Waals surface area contributed by atoms with Crippen molar-refractivity contribution in [2.75, 3.05) is 42.9 Å². The second-order valence-electron chi connectivity index (χ2n) is 7.99. The number of aromatic carboxylic acids is 1. The molecule has 1 saturated heterocycles. The predicted molar refractivity (Wildman–Crippen MR) is 125 cm³/mol. The molecule has 0 atom stereocenters. The molecular weight excluding hydrogens is 467 g/mol. The summed E-state index contributed by atoms with van der Waals surface area (Å²) in [6, 6.07) is 12.4. The Kier molecular flexibility index (Phi) is 9.64. The van der Waals surface area contributed by atoms with Crippen LogP contribution in [-0.4, -0.2) is 71.9 Å². The Morgan fingerprint density at radius 2 is 1.54 bits per heavy atom. The van der Waals surface area contributed by atoms with E-state index in [1.807, 2.05) is 19.1 Å². The lowest BCUT2D eigenvalue weighted by Gasteiger charge is -2.36. The molecule has 1 fully saturated rings. The highest BCUT2D eigenvalue weighted by Gasteiger charge is 2.38. The number of rotatable bonds is 6. The van der Waals surface area contributed by atoms with E-state index >= 15 is 0 Å². The Morgan fingerprint density at radius 3 is 2.03 bits per heavy atom. The molecular formula is C24H28F3N3O5. The number of amides is 1. The van der Waals surface area contributed by atoms with Gasteiger partial charge in [0.25, 0.3) is 5.91 Å². The summed E-state index contributed by atoms with van der Waals surface area (Å²) in [5.74, 6) is -4.00. The zero-order chi connectivity index (χ0) is 26.2. The molecule has 0 radical (unpaired) electrons. The van der Waals surface area contributed by atoms with Crippen molar-refractivity contribution >= 4 is 29.2 Å². The molecule has 0 bridgehead atoms. The first-order chi connectivity index (χ1) is 16.4. The summed E-state index contributed by atoms with van der Waals surface area (Å²) in [6.07, 6.45) is -3.96. The Hall–Kier alpha value is -3.60. The van der Waals surface area contributed by atoms with Crippen LogP contribution in [0.2, 0.25) is 0 Å². The lowest BCUT2D eigenvalue weighted by atomic mass is 10.1. The fourth-order valence-electron chi connectivity index (χ4n) is 3.50. The molecule has 2 aromatic carbocycles. The van der Waals surface area contributed by atoms with Gasteiger partial charge in [-0.05, 0) is 50.2 Å². The number of hydrogen-bond acceptors (Lipinski definition) is 5. The Bertz CT molecular complexity index is 1030. The molecule has 1 aliphatic rings. The Morgan fingerprint density at radius 1 is 0.971 bits per heavy atom. The maximum absolute atomic E-state index is 12.4. The fraction of sp³-hybridized carbons (Fsp3) is 0.375. The van der Waals surface area contributed by atoms with Gasteiger partial charge in [-0.1, -0.05) is 24.6 Å². The van der Waals surface area contributed by atoms with Crippen molar-refractivity contribution in [3.05, 3.63) is 59.2 Å². The average Bonchev–Trinajstić information content (AvgIpc) is 2.80. The number of carboxylic acids is 2. The molecule has 1 heterocycles. The Labute approximate surface area is 201 Å². The molecule has 8 nitrogen and oxygen atoms in total. The highest BCUT2D eigenvalue weighted by atomic mass is 19.4. The number of piperazine rings is 1. The van der Waals surface area contributed by atoms with Crippen molar-refractivity contribution in [2.24, 2.45) is 0 Å². The topological polar surface area (TPSA) is 110 Å². The first-order valence-corrected chi connectivity index (χ1v) is 10.9. The number of nitrogens with zero attached hydrogens (tertiary/aromatic N) is 2. The van der Waals surface area contributed by atoms with Crippen LogP contribution in [0.4, 0.5) is 24.5 Å². The van der Waals surface area contributed by atoms with Gasteiger partial charge in [-0.2, -0.15) is 13.2 Å². The van der Waals surface area contributed by atoms with Gasteiger partial charge in [0.1, 0.15) is 0 Å². The summed E-state index contributed by atoms with van der Waals surface area (Å²) < 4.78 is 31.7. The third kappa shape index (κ3) is 8.29. The largest absolute Gasteiger partial charge is 0.490 e. The normalized spacial score (nSPS) is 14.0. The minimum atomic E-state index is -5.08. The molecule has 35 heavy (non-hydrogen) atoms. The first-order valence-electron chi connectivity index (χ1n) is 10.9. The van der Waals surface area contributed by atoms with Crippen LogP contribution in [0.3, 0.4) is 0 Å². The summed E-state index contributed by atoms with van der Waals surface area (Å²) in [6.45, 7) is 8.66. The smallest absolute Gasteiger partial charge is 0.478 e. The van der Waals surface area contributed by atoms with Crippen molar-refractivity contribution in [3.63, 3.8) is 0 Å². The first kappa shape index (κ1) is 27.6. The van der Waals surface area contributed by atoms with Crippen LogP contribution in [0.5, 0.6) is 0 Å². The fourth-order valence-corrected chi connectivity index (χ4v) is 3.50. The second-order valence-corrected chi connectivity index (χ2v) is 7.99. The van der Waals surface area contributed by atoms with E-state index in [-0.39, 0.29) is 11.5 Å². The van der Waals surface area contributed by atoms with Crippen LogP contribution in [-0.2, 0) is 4.79 Å². The molecule has 0 aliphatic carbocycles. The van der Waals surface area contributed by atoms with Gasteiger partial charge in [0.05, 0.1) is 11.3 Å². The van der Waals surface area contributed by atoms with Crippen LogP contribution >= 0.6 is 0 Å². The number of benzene rings is 2. The van der Waals surface area contributed by atoms with E-state index in [0.29, 0.717) is 16.9 Å².